The topological polar surface area (TPSA) is 164 Å². The molecule has 3 unspecified atom stereocenters. The van der Waals surface area contributed by atoms with E-state index in [1.165, 1.54) is 0 Å². The standard InChI is InChI=1S/C48H74N6O10P2/c1-36(2)63-65(57,59-34-53-32-39(24-26-51(4)5)43-20-14-15-21-45(43)53)49-30-47(55)61-37(3)28-38-22-23-44-40(25-27-52(6)7)33-54(46(44)29-38)35-60-66(58,64-42-18-12-9-13-19-42)50-31-48(56)62-41-16-10-8-11-17-41/h14-15,20-23,29,32-33,36-37,41-42H,8-13,16-19,24-28,30-31,34-35H2,1-7H3,(H,49,57)(H,50,58). The van der Waals surface area contributed by atoms with Crippen LogP contribution in [0.15, 0.2) is 54.9 Å². The van der Waals surface area contributed by atoms with E-state index in [4.69, 9.17) is 27.6 Å². The lowest BCUT2D eigenvalue weighted by Crippen LogP contribution is -2.30. The van der Waals surface area contributed by atoms with Gasteiger partial charge in [-0.25, -0.2) is 19.3 Å². The first-order valence-corrected chi connectivity index (χ1v) is 26.9. The van der Waals surface area contributed by atoms with Gasteiger partial charge in [-0.2, -0.15) is 0 Å². The molecule has 2 N–H and O–H groups in total. The molecule has 2 saturated carbocycles. The number of hydrogen-bond acceptors (Lipinski definition) is 12. The molecule has 2 heterocycles. The third kappa shape index (κ3) is 15.8. The van der Waals surface area contributed by atoms with E-state index in [2.05, 4.69) is 32.1 Å². The van der Waals surface area contributed by atoms with Gasteiger partial charge in [0.1, 0.15) is 38.8 Å². The molecule has 2 aliphatic rings. The average molecular weight is 957 g/mol. The van der Waals surface area contributed by atoms with Gasteiger partial charge in [0.25, 0.3) is 0 Å². The largest absolute Gasteiger partial charge is 0.461 e. The van der Waals surface area contributed by atoms with Crippen molar-refractivity contribution < 1.29 is 46.3 Å². The van der Waals surface area contributed by atoms with Gasteiger partial charge in [0.2, 0.25) is 0 Å². The smallest absolute Gasteiger partial charge is 0.408 e. The molecule has 4 aromatic rings. The van der Waals surface area contributed by atoms with Gasteiger partial charge in [0.15, 0.2) is 0 Å². The number of rotatable bonds is 26. The van der Waals surface area contributed by atoms with Gasteiger partial charge in [0, 0.05) is 42.7 Å². The number of likely N-dealkylation sites (N-methyl/N-ethyl adjacent to an activating group) is 2. The molecule has 66 heavy (non-hydrogen) atoms. The SMILES string of the molecule is CC(C)OP(=O)(NCC(=O)OC(C)Cc1ccc2c(CCN(C)C)cn(COP(=O)(NCC(=O)OC3CCCCC3)OC3CCCCC3)c2c1)OCn1cc(CCN(C)C)c2ccccc21. The van der Waals surface area contributed by atoms with Gasteiger partial charge in [0.05, 0.1) is 23.2 Å². The molecule has 0 bridgehead atoms. The van der Waals surface area contributed by atoms with Gasteiger partial charge in [-0.15, -0.1) is 0 Å². The van der Waals surface area contributed by atoms with Crippen molar-refractivity contribution in [3.63, 3.8) is 0 Å². The number of benzene rings is 2. The fourth-order valence-electron chi connectivity index (χ4n) is 8.68. The molecule has 366 valence electrons. The highest BCUT2D eigenvalue weighted by molar-refractivity contribution is 7.52. The van der Waals surface area contributed by atoms with Crippen LogP contribution >= 0.6 is 15.5 Å². The summed E-state index contributed by atoms with van der Waals surface area (Å²) in [5.41, 5.74) is 4.95. The van der Waals surface area contributed by atoms with Crippen LogP contribution in [0.4, 0.5) is 0 Å². The zero-order chi connectivity index (χ0) is 47.3. The van der Waals surface area contributed by atoms with Crippen LogP contribution in [0.25, 0.3) is 21.8 Å². The van der Waals surface area contributed by atoms with Crippen molar-refractivity contribution in [1.82, 2.24) is 29.1 Å². The van der Waals surface area contributed by atoms with Crippen LogP contribution < -0.4 is 10.2 Å². The van der Waals surface area contributed by atoms with E-state index in [0.717, 1.165) is 129 Å². The third-order valence-corrected chi connectivity index (χ3v) is 15.3. The first kappa shape index (κ1) is 52.0. The van der Waals surface area contributed by atoms with Gasteiger partial charge in [-0.1, -0.05) is 56.0 Å². The zero-order valence-corrected chi connectivity index (χ0v) is 42.0. The Bertz CT molecular complexity index is 2280. The summed E-state index contributed by atoms with van der Waals surface area (Å²) in [4.78, 5) is 30.4. The van der Waals surface area contributed by atoms with E-state index < -0.39 is 46.2 Å². The number of carbonyl (C=O) groups is 2. The number of fused-ring (bicyclic) bond motifs is 2. The maximum absolute atomic E-state index is 14.4. The van der Waals surface area contributed by atoms with E-state index in [9.17, 15) is 18.7 Å². The number of carbonyl (C=O) groups excluding carboxylic acids is 2. The normalized spacial score (nSPS) is 17.7. The second-order valence-corrected chi connectivity index (χ2v) is 22.2. The molecular weight excluding hydrogens is 883 g/mol. The van der Waals surface area contributed by atoms with Crippen molar-refractivity contribution in [2.45, 2.75) is 142 Å². The van der Waals surface area contributed by atoms with Crippen LogP contribution in [0.2, 0.25) is 0 Å². The summed E-state index contributed by atoms with van der Waals surface area (Å²) in [6, 6.07) is 14.1. The number of aromatic nitrogens is 2. The van der Waals surface area contributed by atoms with E-state index in [0.29, 0.717) is 6.42 Å². The third-order valence-electron chi connectivity index (χ3n) is 12.0. The number of nitrogens with zero attached hydrogens (tertiary/aromatic N) is 4. The summed E-state index contributed by atoms with van der Waals surface area (Å²) in [5, 5.41) is 7.69. The Hall–Kier alpha value is -3.40. The first-order chi connectivity index (χ1) is 31.6. The van der Waals surface area contributed by atoms with E-state index in [-0.39, 0.29) is 32.2 Å². The minimum absolute atomic E-state index is 0.0480. The average Bonchev–Trinajstić information content (AvgIpc) is 3.82. The van der Waals surface area contributed by atoms with Gasteiger partial charge >= 0.3 is 27.4 Å². The summed E-state index contributed by atoms with van der Waals surface area (Å²) in [5.74, 6) is -1.08. The molecule has 2 aliphatic carbocycles. The Balaban J connectivity index is 1.10. The van der Waals surface area contributed by atoms with Crippen LogP contribution in [0.3, 0.4) is 0 Å². The molecule has 2 aromatic heterocycles. The maximum Gasteiger partial charge on any atom is 0.408 e. The Kier molecular flexibility index (Phi) is 19.5. The number of hydrogen-bond donors (Lipinski definition) is 2. The fourth-order valence-corrected chi connectivity index (χ4v) is 11.5. The molecule has 2 fully saturated rings. The van der Waals surface area contributed by atoms with Crippen molar-refractivity contribution in [1.29, 1.82) is 0 Å². The number of ether oxygens (including phenoxy) is 2. The second kappa shape index (κ2) is 24.8. The van der Waals surface area contributed by atoms with Gasteiger partial charge < -0.3 is 28.4 Å². The second-order valence-electron chi connectivity index (χ2n) is 18.7. The molecule has 18 heteroatoms. The lowest BCUT2D eigenvalue weighted by atomic mass is 9.98. The molecule has 0 radical (unpaired) electrons. The summed E-state index contributed by atoms with van der Waals surface area (Å²) in [6.07, 6.45) is 14.2. The number of nitrogens with one attached hydrogen (secondary N) is 2. The summed E-state index contributed by atoms with van der Waals surface area (Å²) in [7, 11) is 0.222. The molecule has 6 rings (SSSR count). The van der Waals surface area contributed by atoms with Crippen molar-refractivity contribution in [3.05, 3.63) is 71.5 Å². The molecule has 16 nitrogen and oxygen atoms in total. The summed E-state index contributed by atoms with van der Waals surface area (Å²) in [6.45, 7) is 6.20. The van der Waals surface area contributed by atoms with Gasteiger partial charge in [-0.05, 0) is 129 Å². The Labute approximate surface area is 391 Å². The fraction of sp³-hybridized carbons (Fsp3) is 0.625. The lowest BCUT2D eigenvalue weighted by molar-refractivity contribution is -0.149. The first-order valence-electron chi connectivity index (χ1n) is 23.8. The Morgan fingerprint density at radius 3 is 1.86 bits per heavy atom. The van der Waals surface area contributed by atoms with Crippen LogP contribution in [0.1, 0.15) is 102 Å². The van der Waals surface area contributed by atoms with Crippen molar-refractivity contribution in [2.24, 2.45) is 0 Å². The minimum Gasteiger partial charge on any atom is -0.461 e. The predicted octanol–water partition coefficient (Wildman–Crippen LogP) is 8.97. The Morgan fingerprint density at radius 2 is 1.24 bits per heavy atom. The van der Waals surface area contributed by atoms with Crippen LogP contribution in [0.5, 0.6) is 0 Å². The Morgan fingerprint density at radius 1 is 0.697 bits per heavy atom. The van der Waals surface area contributed by atoms with E-state index in [1.54, 1.807) is 13.8 Å². The molecule has 0 aliphatic heterocycles. The monoisotopic (exact) mass is 956 g/mol. The molecule has 0 saturated heterocycles. The summed E-state index contributed by atoms with van der Waals surface area (Å²) >= 11 is 0. The highest BCUT2D eigenvalue weighted by Gasteiger charge is 2.33. The van der Waals surface area contributed by atoms with Crippen LogP contribution in [-0.4, -0.2) is 110 Å². The van der Waals surface area contributed by atoms with Gasteiger partial charge in [-0.3, -0.25) is 27.7 Å². The van der Waals surface area contributed by atoms with Crippen LogP contribution in [-0.2, 0) is 79.0 Å². The highest BCUT2D eigenvalue weighted by Crippen LogP contribution is 2.48. The number of esters is 2. The van der Waals surface area contributed by atoms with Crippen molar-refractivity contribution in [3.8, 4) is 0 Å². The highest BCUT2D eigenvalue weighted by atomic mass is 31.2. The minimum atomic E-state index is -3.96. The lowest BCUT2D eigenvalue weighted by Gasteiger charge is -2.28. The molecular formula is C48H74N6O10P2. The van der Waals surface area contributed by atoms with Crippen molar-refractivity contribution >= 4 is 49.2 Å². The molecule has 3 atom stereocenters. The van der Waals surface area contributed by atoms with E-state index >= 15 is 0 Å². The quantitative estimate of drug-likeness (QED) is 0.0453. The van der Waals surface area contributed by atoms with E-state index in [1.807, 2.05) is 87.0 Å². The zero-order valence-electron chi connectivity index (χ0n) is 40.2. The van der Waals surface area contributed by atoms with Crippen molar-refractivity contribution in [2.75, 3.05) is 54.4 Å². The molecule has 2 aromatic carbocycles. The maximum atomic E-state index is 14.4. The summed E-state index contributed by atoms with van der Waals surface area (Å²) < 4.78 is 67.8. The molecule has 0 spiro atoms. The molecule has 0 amide bonds. The van der Waals surface area contributed by atoms with Crippen LogP contribution in [0, 0.1) is 0 Å². The predicted molar refractivity (Wildman–Crippen MR) is 258 cm³/mol. The number of para-hydroxylation sites is 1.